The molecule has 4 rings (SSSR count). The summed E-state index contributed by atoms with van der Waals surface area (Å²) in [4.78, 5) is 21.6. The Balaban J connectivity index is 1.27. The number of benzene rings is 2. The summed E-state index contributed by atoms with van der Waals surface area (Å²) in [6.07, 6.45) is 0.953. The van der Waals surface area contributed by atoms with E-state index in [1.165, 1.54) is 4.70 Å². The van der Waals surface area contributed by atoms with Crippen molar-refractivity contribution in [3.05, 3.63) is 59.1 Å². The molecule has 3 aromatic rings. The average molecular weight is 423 g/mol. The van der Waals surface area contributed by atoms with Gasteiger partial charge in [-0.2, -0.15) is 5.26 Å². The normalized spacial score (nSPS) is 14.6. The standard InChI is InChI=1S/C22H22N4OS2/c23-14-17-6-8-18(9-7-17)25-10-3-11-26(13-12-25)22(27)16-28-15-21-24-19-4-1-2-5-20(19)29-21/h1-2,4-9H,3,10-13,15-16H2. The van der Waals surface area contributed by atoms with Crippen LogP contribution in [0, 0.1) is 11.3 Å². The molecule has 0 N–H and O–H groups in total. The predicted molar refractivity (Wildman–Crippen MR) is 120 cm³/mol. The van der Waals surface area contributed by atoms with Crippen LogP contribution in [0.15, 0.2) is 48.5 Å². The van der Waals surface area contributed by atoms with Gasteiger partial charge < -0.3 is 9.80 Å². The van der Waals surface area contributed by atoms with Crippen molar-refractivity contribution in [3.63, 3.8) is 0 Å². The number of rotatable bonds is 5. The van der Waals surface area contributed by atoms with Gasteiger partial charge in [0.05, 0.1) is 27.6 Å². The Hall–Kier alpha value is -2.56. The zero-order valence-electron chi connectivity index (χ0n) is 16.1. The number of thiazole rings is 1. The van der Waals surface area contributed by atoms with Crippen LogP contribution in [0.3, 0.4) is 0 Å². The number of carbonyl (C=O) groups excluding carboxylic acids is 1. The number of hydrogen-bond acceptors (Lipinski definition) is 6. The minimum atomic E-state index is 0.206. The largest absolute Gasteiger partial charge is 0.370 e. The Kier molecular flexibility index (Phi) is 6.33. The van der Waals surface area contributed by atoms with Crippen LogP contribution in [-0.2, 0) is 10.5 Å². The smallest absolute Gasteiger partial charge is 0.232 e. The third kappa shape index (κ3) is 4.89. The van der Waals surface area contributed by atoms with Crippen LogP contribution in [0.4, 0.5) is 5.69 Å². The maximum absolute atomic E-state index is 12.7. The highest BCUT2D eigenvalue weighted by molar-refractivity contribution is 7.99. The van der Waals surface area contributed by atoms with Crippen molar-refractivity contribution >= 4 is 44.9 Å². The van der Waals surface area contributed by atoms with Gasteiger partial charge >= 0.3 is 0 Å². The zero-order chi connectivity index (χ0) is 20.1. The molecule has 0 saturated carbocycles. The van der Waals surface area contributed by atoms with Crippen molar-refractivity contribution in [1.82, 2.24) is 9.88 Å². The van der Waals surface area contributed by atoms with Crippen molar-refractivity contribution < 1.29 is 4.79 Å². The quantitative estimate of drug-likeness (QED) is 0.618. The van der Waals surface area contributed by atoms with Gasteiger partial charge in [0.1, 0.15) is 5.01 Å². The molecular weight excluding hydrogens is 400 g/mol. The molecule has 0 bridgehead atoms. The van der Waals surface area contributed by atoms with E-state index in [2.05, 4.69) is 22.0 Å². The topological polar surface area (TPSA) is 60.2 Å². The van der Waals surface area contributed by atoms with E-state index in [4.69, 9.17) is 5.26 Å². The van der Waals surface area contributed by atoms with Gasteiger partial charge in [-0.05, 0) is 42.8 Å². The molecule has 0 atom stereocenters. The number of aromatic nitrogens is 1. The molecule has 0 radical (unpaired) electrons. The number of nitrogens with zero attached hydrogens (tertiary/aromatic N) is 4. The molecule has 1 fully saturated rings. The summed E-state index contributed by atoms with van der Waals surface area (Å²) in [6.45, 7) is 3.28. The molecule has 1 aromatic heterocycles. The maximum Gasteiger partial charge on any atom is 0.232 e. The number of thioether (sulfide) groups is 1. The number of anilines is 1. The Labute approximate surface area is 179 Å². The number of amides is 1. The molecule has 2 aromatic carbocycles. The second kappa shape index (κ2) is 9.29. The van der Waals surface area contributed by atoms with Crippen LogP contribution in [-0.4, -0.2) is 47.7 Å². The summed E-state index contributed by atoms with van der Waals surface area (Å²) in [5.41, 5.74) is 2.82. The fraction of sp³-hybridized carbons (Fsp3) is 0.318. The molecular formula is C22H22N4OS2. The van der Waals surface area contributed by atoms with Crippen LogP contribution in [0.1, 0.15) is 17.0 Å². The molecule has 1 saturated heterocycles. The number of hydrogen-bond donors (Lipinski definition) is 0. The van der Waals surface area contributed by atoms with Crippen molar-refractivity contribution in [2.75, 3.05) is 36.8 Å². The van der Waals surface area contributed by atoms with Crippen LogP contribution >= 0.6 is 23.1 Å². The average Bonchev–Trinajstić information content (AvgIpc) is 3.00. The fourth-order valence-corrected chi connectivity index (χ4v) is 5.42. The van der Waals surface area contributed by atoms with Gasteiger partial charge in [0.25, 0.3) is 0 Å². The number of fused-ring (bicyclic) bond motifs is 1. The molecule has 148 valence electrons. The predicted octanol–water partition coefficient (Wildman–Crippen LogP) is 4.14. The molecule has 2 heterocycles. The van der Waals surface area contributed by atoms with Gasteiger partial charge in [-0.15, -0.1) is 23.1 Å². The van der Waals surface area contributed by atoms with Gasteiger partial charge in [0, 0.05) is 37.6 Å². The maximum atomic E-state index is 12.7. The van der Waals surface area contributed by atoms with Gasteiger partial charge in [0.2, 0.25) is 5.91 Å². The third-order valence-corrected chi connectivity index (χ3v) is 7.15. The lowest BCUT2D eigenvalue weighted by Gasteiger charge is -2.23. The van der Waals surface area contributed by atoms with Crippen LogP contribution in [0.5, 0.6) is 0 Å². The summed E-state index contributed by atoms with van der Waals surface area (Å²) in [6, 6.07) is 18.0. The van der Waals surface area contributed by atoms with Gasteiger partial charge in [-0.25, -0.2) is 4.98 Å². The van der Waals surface area contributed by atoms with Gasteiger partial charge in [0.15, 0.2) is 0 Å². The van der Waals surface area contributed by atoms with Crippen LogP contribution < -0.4 is 4.90 Å². The Morgan fingerprint density at radius 2 is 1.93 bits per heavy atom. The second-order valence-corrected chi connectivity index (χ2v) is 9.05. The van der Waals surface area contributed by atoms with E-state index < -0.39 is 0 Å². The zero-order valence-corrected chi connectivity index (χ0v) is 17.7. The first-order chi connectivity index (χ1) is 14.2. The lowest BCUT2D eigenvalue weighted by molar-refractivity contribution is -0.128. The van der Waals surface area contributed by atoms with Crippen molar-refractivity contribution in [2.45, 2.75) is 12.2 Å². The molecule has 7 heteroatoms. The second-order valence-electron chi connectivity index (χ2n) is 6.95. The first-order valence-corrected chi connectivity index (χ1v) is 11.6. The highest BCUT2D eigenvalue weighted by atomic mass is 32.2. The summed E-state index contributed by atoms with van der Waals surface area (Å²) < 4.78 is 1.20. The molecule has 1 amide bonds. The van der Waals surface area contributed by atoms with Crippen LogP contribution in [0.25, 0.3) is 10.2 Å². The van der Waals surface area contributed by atoms with Crippen molar-refractivity contribution in [1.29, 1.82) is 5.26 Å². The van der Waals surface area contributed by atoms with Crippen molar-refractivity contribution in [3.8, 4) is 6.07 Å². The highest BCUT2D eigenvalue weighted by Crippen LogP contribution is 2.25. The van der Waals surface area contributed by atoms with E-state index in [1.807, 2.05) is 47.4 Å². The Morgan fingerprint density at radius 1 is 1.10 bits per heavy atom. The minimum absolute atomic E-state index is 0.206. The SMILES string of the molecule is N#Cc1ccc(N2CCCN(C(=O)CSCc3nc4ccccc4s3)CC2)cc1. The number of para-hydroxylation sites is 1. The summed E-state index contributed by atoms with van der Waals surface area (Å²) in [5.74, 6) is 1.47. The number of nitriles is 1. The lowest BCUT2D eigenvalue weighted by atomic mass is 10.2. The van der Waals surface area contributed by atoms with Gasteiger partial charge in [-0.1, -0.05) is 12.1 Å². The molecule has 1 aliphatic heterocycles. The van der Waals surface area contributed by atoms with Gasteiger partial charge in [-0.3, -0.25) is 4.79 Å². The molecule has 29 heavy (non-hydrogen) atoms. The van der Waals surface area contributed by atoms with E-state index in [9.17, 15) is 4.79 Å². The van der Waals surface area contributed by atoms with Crippen LogP contribution in [0.2, 0.25) is 0 Å². The fourth-order valence-electron chi connectivity index (χ4n) is 3.47. The summed E-state index contributed by atoms with van der Waals surface area (Å²) in [7, 11) is 0. The third-order valence-electron chi connectivity index (χ3n) is 5.00. The number of carbonyl (C=O) groups is 1. The molecule has 0 unspecified atom stereocenters. The minimum Gasteiger partial charge on any atom is -0.370 e. The Bertz CT molecular complexity index is 992. The molecule has 0 aliphatic carbocycles. The first kappa shape index (κ1) is 19.7. The first-order valence-electron chi connectivity index (χ1n) is 9.68. The lowest BCUT2D eigenvalue weighted by Crippen LogP contribution is -2.36. The summed E-state index contributed by atoms with van der Waals surface area (Å²) >= 11 is 3.35. The van der Waals surface area contributed by atoms with E-state index in [-0.39, 0.29) is 5.91 Å². The highest BCUT2D eigenvalue weighted by Gasteiger charge is 2.19. The molecule has 5 nitrogen and oxygen atoms in total. The van der Waals surface area contributed by atoms with E-state index >= 15 is 0 Å². The molecule has 1 aliphatic rings. The van der Waals surface area contributed by atoms with E-state index in [1.54, 1.807) is 23.1 Å². The Morgan fingerprint density at radius 3 is 2.72 bits per heavy atom. The summed E-state index contributed by atoms with van der Waals surface area (Å²) in [5, 5.41) is 10.0. The monoisotopic (exact) mass is 422 g/mol. The van der Waals surface area contributed by atoms with Crippen molar-refractivity contribution in [2.24, 2.45) is 0 Å². The van der Waals surface area contributed by atoms with E-state index in [0.29, 0.717) is 11.3 Å². The van der Waals surface area contributed by atoms with E-state index in [0.717, 1.165) is 54.6 Å². The molecule has 0 spiro atoms.